The van der Waals surface area contributed by atoms with Gasteiger partial charge in [0.1, 0.15) is 0 Å². The van der Waals surface area contributed by atoms with E-state index in [4.69, 9.17) is 4.74 Å². The Labute approximate surface area is 128 Å². The smallest absolute Gasteiger partial charge is 0.0528 e. The van der Waals surface area contributed by atoms with Crippen molar-refractivity contribution in [3.8, 4) is 0 Å². The summed E-state index contributed by atoms with van der Waals surface area (Å²) in [6.45, 7) is 10.3. The van der Waals surface area contributed by atoms with Gasteiger partial charge in [-0.1, -0.05) is 26.0 Å². The van der Waals surface area contributed by atoms with E-state index in [0.717, 1.165) is 31.6 Å². The van der Waals surface area contributed by atoms with Crippen molar-refractivity contribution in [1.82, 2.24) is 4.90 Å². The second kappa shape index (κ2) is 5.40. The third-order valence-electron chi connectivity index (χ3n) is 5.36. The van der Waals surface area contributed by atoms with Gasteiger partial charge in [0, 0.05) is 25.6 Å². The molecule has 4 rings (SSSR count). The number of ether oxygens (including phenoxy) is 1. The van der Waals surface area contributed by atoms with Crippen molar-refractivity contribution in [2.24, 2.45) is 5.92 Å². The minimum Gasteiger partial charge on any atom is -0.381 e. The number of hydrogen-bond donors (Lipinski definition) is 0. The largest absolute Gasteiger partial charge is 0.381 e. The van der Waals surface area contributed by atoms with Crippen LogP contribution >= 0.6 is 0 Å². The molecule has 0 amide bonds. The highest BCUT2D eigenvalue weighted by atomic mass is 16.5. The Morgan fingerprint density at radius 1 is 1.19 bits per heavy atom. The van der Waals surface area contributed by atoms with Crippen molar-refractivity contribution in [3.05, 3.63) is 34.4 Å². The van der Waals surface area contributed by atoms with Gasteiger partial charge in [-0.3, -0.25) is 4.90 Å². The van der Waals surface area contributed by atoms with Crippen molar-refractivity contribution >= 4 is 0 Å². The van der Waals surface area contributed by atoms with E-state index < -0.39 is 0 Å². The maximum atomic E-state index is 5.32. The van der Waals surface area contributed by atoms with E-state index >= 15 is 0 Å². The molecule has 2 heteroatoms. The first-order valence-electron chi connectivity index (χ1n) is 8.66. The Morgan fingerprint density at radius 3 is 2.62 bits per heavy atom. The van der Waals surface area contributed by atoms with Crippen molar-refractivity contribution in [2.45, 2.75) is 51.5 Å². The van der Waals surface area contributed by atoms with Gasteiger partial charge in [0.15, 0.2) is 0 Å². The number of nitrogens with zero attached hydrogens (tertiary/aromatic N) is 1. The highest BCUT2D eigenvalue weighted by Crippen LogP contribution is 2.44. The Hall–Kier alpha value is -0.860. The molecule has 2 aliphatic heterocycles. The zero-order valence-corrected chi connectivity index (χ0v) is 13.4. The molecule has 0 bridgehead atoms. The molecule has 2 heterocycles. The van der Waals surface area contributed by atoms with Crippen LogP contribution in [-0.4, -0.2) is 31.2 Å². The van der Waals surface area contributed by atoms with Gasteiger partial charge in [-0.25, -0.2) is 0 Å². The van der Waals surface area contributed by atoms with E-state index in [1.165, 1.54) is 32.4 Å². The zero-order valence-electron chi connectivity index (χ0n) is 13.4. The number of benzene rings is 1. The third kappa shape index (κ3) is 2.76. The predicted octanol–water partition coefficient (Wildman–Crippen LogP) is 3.69. The molecule has 0 unspecified atom stereocenters. The molecule has 21 heavy (non-hydrogen) atoms. The van der Waals surface area contributed by atoms with Gasteiger partial charge in [0.25, 0.3) is 0 Å². The summed E-state index contributed by atoms with van der Waals surface area (Å²) in [6.07, 6.45) is 4.04. The molecule has 0 atom stereocenters. The summed E-state index contributed by atoms with van der Waals surface area (Å²) < 4.78 is 5.32. The van der Waals surface area contributed by atoms with E-state index in [0.29, 0.717) is 5.92 Å². The number of rotatable bonds is 4. The first-order valence-corrected chi connectivity index (χ1v) is 8.66. The van der Waals surface area contributed by atoms with Crippen LogP contribution in [0.25, 0.3) is 0 Å². The lowest BCUT2D eigenvalue weighted by atomic mass is 9.87. The van der Waals surface area contributed by atoms with E-state index in [1.54, 1.807) is 22.3 Å². The summed E-state index contributed by atoms with van der Waals surface area (Å²) in [5, 5.41) is 0. The Kier molecular flexibility index (Phi) is 3.55. The molecular weight excluding hydrogens is 258 g/mol. The van der Waals surface area contributed by atoms with Gasteiger partial charge in [0.05, 0.1) is 13.2 Å². The number of fused-ring (bicyclic) bond motifs is 1. The van der Waals surface area contributed by atoms with Crippen LogP contribution in [0.15, 0.2) is 12.1 Å². The molecule has 1 aromatic rings. The molecule has 114 valence electrons. The fourth-order valence-electron chi connectivity index (χ4n) is 3.86. The zero-order chi connectivity index (χ0) is 14.4. The van der Waals surface area contributed by atoms with Crippen LogP contribution in [0.3, 0.4) is 0 Å². The molecule has 0 aromatic heterocycles. The van der Waals surface area contributed by atoms with Crippen LogP contribution in [0, 0.1) is 5.92 Å². The summed E-state index contributed by atoms with van der Waals surface area (Å²) in [4.78, 5) is 2.64. The predicted molar refractivity (Wildman–Crippen MR) is 85.8 cm³/mol. The average Bonchev–Trinajstić information content (AvgIpc) is 3.25. The molecule has 2 nitrogen and oxygen atoms in total. The van der Waals surface area contributed by atoms with E-state index in [-0.39, 0.29) is 0 Å². The molecule has 1 aromatic carbocycles. The van der Waals surface area contributed by atoms with Gasteiger partial charge in [-0.15, -0.1) is 0 Å². The van der Waals surface area contributed by atoms with Crippen molar-refractivity contribution < 1.29 is 4.74 Å². The molecule has 1 saturated heterocycles. The standard InChI is InChI=1S/C19H27NO/c1-13(2)18-7-16-5-6-20(9-14-11-21-12-14)10-17(16)8-19(18)15-3-4-15/h7-8,13-15H,3-6,9-12H2,1-2H3. The normalized spacial score (nSPS) is 23.2. The molecule has 2 fully saturated rings. The van der Waals surface area contributed by atoms with E-state index in [1.807, 2.05) is 0 Å². The minimum atomic E-state index is 0.663. The molecule has 1 aliphatic carbocycles. The molecule has 0 radical (unpaired) electrons. The van der Waals surface area contributed by atoms with Crippen molar-refractivity contribution in [1.29, 1.82) is 0 Å². The average molecular weight is 285 g/mol. The Bertz CT molecular complexity index is 529. The van der Waals surface area contributed by atoms with Crippen molar-refractivity contribution in [3.63, 3.8) is 0 Å². The van der Waals surface area contributed by atoms with Gasteiger partial charge >= 0.3 is 0 Å². The summed E-state index contributed by atoms with van der Waals surface area (Å²) in [6, 6.07) is 5.10. The highest BCUT2D eigenvalue weighted by Gasteiger charge is 2.30. The van der Waals surface area contributed by atoms with Gasteiger partial charge < -0.3 is 4.74 Å². The lowest BCUT2D eigenvalue weighted by Gasteiger charge is -2.35. The third-order valence-corrected chi connectivity index (χ3v) is 5.36. The Balaban J connectivity index is 1.57. The van der Waals surface area contributed by atoms with Crippen LogP contribution in [0.4, 0.5) is 0 Å². The summed E-state index contributed by atoms with van der Waals surface area (Å²) in [7, 11) is 0. The van der Waals surface area contributed by atoms with Crippen LogP contribution in [0.5, 0.6) is 0 Å². The summed E-state index contributed by atoms with van der Waals surface area (Å²) >= 11 is 0. The van der Waals surface area contributed by atoms with E-state index in [9.17, 15) is 0 Å². The highest BCUT2D eigenvalue weighted by molar-refractivity contribution is 5.44. The molecule has 3 aliphatic rings. The molecule has 0 N–H and O–H groups in total. The van der Waals surface area contributed by atoms with Crippen molar-refractivity contribution in [2.75, 3.05) is 26.3 Å². The van der Waals surface area contributed by atoms with Gasteiger partial charge in [-0.2, -0.15) is 0 Å². The Morgan fingerprint density at radius 2 is 2.00 bits per heavy atom. The lowest BCUT2D eigenvalue weighted by molar-refractivity contribution is -0.0480. The molecule has 0 spiro atoms. The fourth-order valence-corrected chi connectivity index (χ4v) is 3.86. The summed E-state index contributed by atoms with van der Waals surface area (Å²) in [5.41, 5.74) is 6.51. The summed E-state index contributed by atoms with van der Waals surface area (Å²) in [5.74, 6) is 2.31. The van der Waals surface area contributed by atoms with Crippen LogP contribution < -0.4 is 0 Å². The van der Waals surface area contributed by atoms with Crippen LogP contribution in [0.2, 0.25) is 0 Å². The van der Waals surface area contributed by atoms with Crippen LogP contribution in [-0.2, 0) is 17.7 Å². The fraction of sp³-hybridized carbons (Fsp3) is 0.684. The quantitative estimate of drug-likeness (QED) is 0.836. The lowest BCUT2D eigenvalue weighted by Crippen LogP contribution is -2.41. The van der Waals surface area contributed by atoms with Gasteiger partial charge in [0.2, 0.25) is 0 Å². The SMILES string of the molecule is CC(C)c1cc2c(cc1C1CC1)CN(CC1COC1)CC2. The van der Waals surface area contributed by atoms with E-state index in [2.05, 4.69) is 30.9 Å². The maximum Gasteiger partial charge on any atom is 0.0528 e. The molecule has 1 saturated carbocycles. The second-order valence-corrected chi connectivity index (χ2v) is 7.57. The maximum absolute atomic E-state index is 5.32. The first kappa shape index (κ1) is 13.8. The second-order valence-electron chi connectivity index (χ2n) is 7.57. The topological polar surface area (TPSA) is 12.5 Å². The molecular formula is C19H27NO. The minimum absolute atomic E-state index is 0.663. The van der Waals surface area contributed by atoms with Gasteiger partial charge in [-0.05, 0) is 53.4 Å². The first-order chi connectivity index (χ1) is 10.2. The number of hydrogen-bond acceptors (Lipinski definition) is 2. The monoisotopic (exact) mass is 285 g/mol. The van der Waals surface area contributed by atoms with Crippen LogP contribution in [0.1, 0.15) is 60.8 Å².